The van der Waals surface area contributed by atoms with Gasteiger partial charge in [0.2, 0.25) is 0 Å². The molecule has 4 heteroatoms. The summed E-state index contributed by atoms with van der Waals surface area (Å²) in [5.74, 6) is 0.0496. The highest BCUT2D eigenvalue weighted by atomic mass is 32.1. The Bertz CT molecular complexity index is 586. The number of halogens is 1. The molecule has 0 fully saturated rings. The van der Waals surface area contributed by atoms with Gasteiger partial charge >= 0.3 is 0 Å². The molecule has 0 aliphatic rings. The van der Waals surface area contributed by atoms with Crippen molar-refractivity contribution in [1.82, 2.24) is 0 Å². The lowest BCUT2D eigenvalue weighted by molar-refractivity contribution is 0.309. The number of benzene rings is 2. The fourth-order valence-electron chi connectivity index (χ4n) is 1.90. The quantitative estimate of drug-likeness (QED) is 0.653. The van der Waals surface area contributed by atoms with Gasteiger partial charge in [-0.05, 0) is 30.5 Å². The van der Waals surface area contributed by atoms with Crippen LogP contribution < -0.4 is 10.5 Å². The van der Waals surface area contributed by atoms with Crippen LogP contribution in [0, 0.1) is 5.82 Å². The third kappa shape index (κ3) is 4.03. The Morgan fingerprint density at radius 3 is 2.55 bits per heavy atom. The van der Waals surface area contributed by atoms with Crippen molar-refractivity contribution >= 4 is 17.2 Å². The maximum Gasteiger partial charge on any atom is 0.137 e. The lowest BCUT2D eigenvalue weighted by atomic mass is 10.1. The number of hydrogen-bond donors (Lipinski definition) is 1. The normalized spacial score (nSPS) is 10.2. The highest BCUT2D eigenvalue weighted by molar-refractivity contribution is 7.80. The zero-order chi connectivity index (χ0) is 14.4. The number of hydrogen-bond acceptors (Lipinski definition) is 2. The van der Waals surface area contributed by atoms with E-state index in [9.17, 15) is 4.39 Å². The molecule has 0 aromatic heterocycles. The summed E-state index contributed by atoms with van der Waals surface area (Å²) in [6, 6.07) is 14.7. The van der Waals surface area contributed by atoms with Gasteiger partial charge in [-0.1, -0.05) is 42.5 Å². The molecule has 0 bridgehead atoms. The fraction of sp³-hybridized carbons (Fsp3) is 0.188. The van der Waals surface area contributed by atoms with E-state index in [1.165, 1.54) is 11.6 Å². The predicted molar refractivity (Wildman–Crippen MR) is 82.5 cm³/mol. The van der Waals surface area contributed by atoms with Gasteiger partial charge in [-0.25, -0.2) is 4.39 Å². The monoisotopic (exact) mass is 289 g/mol. The molecular weight excluding hydrogens is 273 g/mol. The Kier molecular flexibility index (Phi) is 5.07. The number of thiocarbonyl (C=S) groups is 1. The van der Waals surface area contributed by atoms with Crippen LogP contribution in [-0.4, -0.2) is 11.6 Å². The maximum absolute atomic E-state index is 13.6. The summed E-state index contributed by atoms with van der Waals surface area (Å²) in [6.07, 6.45) is 1.82. The first-order valence-electron chi connectivity index (χ1n) is 6.43. The summed E-state index contributed by atoms with van der Waals surface area (Å²) in [5.41, 5.74) is 6.92. The van der Waals surface area contributed by atoms with Gasteiger partial charge in [-0.2, -0.15) is 0 Å². The molecule has 2 nitrogen and oxygen atoms in total. The minimum Gasteiger partial charge on any atom is -0.493 e. The first kappa shape index (κ1) is 14.5. The van der Waals surface area contributed by atoms with E-state index >= 15 is 0 Å². The molecule has 0 radical (unpaired) electrons. The smallest absolute Gasteiger partial charge is 0.137 e. The summed E-state index contributed by atoms with van der Waals surface area (Å²) in [7, 11) is 0. The molecule has 2 rings (SSSR count). The van der Waals surface area contributed by atoms with Crippen molar-refractivity contribution in [2.45, 2.75) is 12.8 Å². The van der Waals surface area contributed by atoms with Gasteiger partial charge < -0.3 is 10.5 Å². The SMILES string of the molecule is NC(=S)c1ccc(OCCCc2ccccc2)cc1F. The van der Waals surface area contributed by atoms with E-state index in [0.717, 1.165) is 12.8 Å². The van der Waals surface area contributed by atoms with Gasteiger partial charge in [-0.15, -0.1) is 0 Å². The van der Waals surface area contributed by atoms with Gasteiger partial charge in [0.25, 0.3) is 0 Å². The predicted octanol–water partition coefficient (Wildman–Crippen LogP) is 3.47. The molecule has 104 valence electrons. The van der Waals surface area contributed by atoms with Gasteiger partial charge in [-0.3, -0.25) is 0 Å². The third-order valence-electron chi connectivity index (χ3n) is 2.93. The zero-order valence-electron chi connectivity index (χ0n) is 11.0. The average molecular weight is 289 g/mol. The van der Waals surface area contributed by atoms with Crippen LogP contribution in [0.3, 0.4) is 0 Å². The number of ether oxygens (including phenoxy) is 1. The first-order valence-corrected chi connectivity index (χ1v) is 6.84. The van der Waals surface area contributed by atoms with Crippen LogP contribution in [0.1, 0.15) is 17.5 Å². The molecule has 0 atom stereocenters. The van der Waals surface area contributed by atoms with Gasteiger partial charge in [0, 0.05) is 11.6 Å². The zero-order valence-corrected chi connectivity index (χ0v) is 11.8. The molecule has 2 aromatic carbocycles. The molecule has 20 heavy (non-hydrogen) atoms. The van der Waals surface area contributed by atoms with Crippen molar-refractivity contribution in [3.8, 4) is 5.75 Å². The molecule has 0 amide bonds. The lowest BCUT2D eigenvalue weighted by Crippen LogP contribution is -2.11. The van der Waals surface area contributed by atoms with E-state index in [2.05, 4.69) is 12.1 Å². The van der Waals surface area contributed by atoms with Crippen LogP contribution in [0.5, 0.6) is 5.75 Å². The van der Waals surface area contributed by atoms with Crippen LogP contribution in [0.4, 0.5) is 4.39 Å². The van der Waals surface area contributed by atoms with Crippen molar-refractivity contribution < 1.29 is 9.13 Å². The van der Waals surface area contributed by atoms with Crippen LogP contribution in [0.25, 0.3) is 0 Å². The Balaban J connectivity index is 1.83. The van der Waals surface area contributed by atoms with Crippen molar-refractivity contribution in [1.29, 1.82) is 0 Å². The third-order valence-corrected chi connectivity index (χ3v) is 3.15. The summed E-state index contributed by atoms with van der Waals surface area (Å²) in [6.45, 7) is 0.542. The second-order valence-electron chi connectivity index (χ2n) is 4.44. The van der Waals surface area contributed by atoms with Gasteiger partial charge in [0.05, 0.1) is 6.61 Å². The van der Waals surface area contributed by atoms with Crippen LogP contribution in [-0.2, 0) is 6.42 Å². The van der Waals surface area contributed by atoms with Gasteiger partial charge in [0.15, 0.2) is 0 Å². The molecule has 0 unspecified atom stereocenters. The highest BCUT2D eigenvalue weighted by Gasteiger charge is 2.06. The van der Waals surface area contributed by atoms with Gasteiger partial charge in [0.1, 0.15) is 16.6 Å². The molecular formula is C16H16FNOS. The molecule has 2 N–H and O–H groups in total. The second kappa shape index (κ2) is 7.01. The molecule has 2 aromatic rings. The van der Waals surface area contributed by atoms with E-state index in [-0.39, 0.29) is 10.6 Å². The van der Waals surface area contributed by atoms with Crippen molar-refractivity contribution in [3.63, 3.8) is 0 Å². The number of nitrogens with two attached hydrogens (primary N) is 1. The van der Waals surface area contributed by atoms with Crippen molar-refractivity contribution in [3.05, 3.63) is 65.5 Å². The molecule has 0 aliphatic carbocycles. The van der Waals surface area contributed by atoms with Crippen molar-refractivity contribution in [2.75, 3.05) is 6.61 Å². The second-order valence-corrected chi connectivity index (χ2v) is 4.88. The van der Waals surface area contributed by atoms with E-state index in [0.29, 0.717) is 12.4 Å². The minimum absolute atomic E-state index is 0.0538. The van der Waals surface area contributed by atoms with E-state index in [1.807, 2.05) is 18.2 Å². The Labute approximate surface area is 123 Å². The maximum atomic E-state index is 13.6. The Hall–Kier alpha value is -1.94. The van der Waals surface area contributed by atoms with Crippen LogP contribution >= 0.6 is 12.2 Å². The van der Waals surface area contributed by atoms with Crippen LogP contribution in [0.2, 0.25) is 0 Å². The standard InChI is InChI=1S/C16H16FNOS/c17-15-11-13(8-9-14(15)16(18)20)19-10-4-7-12-5-2-1-3-6-12/h1-3,5-6,8-9,11H,4,7,10H2,(H2,18,20). The summed E-state index contributed by atoms with van der Waals surface area (Å²) >= 11 is 4.75. The Morgan fingerprint density at radius 1 is 1.15 bits per heavy atom. The molecule has 0 spiro atoms. The molecule has 0 saturated heterocycles. The fourth-order valence-corrected chi connectivity index (χ4v) is 2.06. The van der Waals surface area contributed by atoms with Crippen molar-refractivity contribution in [2.24, 2.45) is 5.73 Å². The number of rotatable bonds is 6. The highest BCUT2D eigenvalue weighted by Crippen LogP contribution is 2.17. The largest absolute Gasteiger partial charge is 0.493 e. The Morgan fingerprint density at radius 2 is 1.90 bits per heavy atom. The van der Waals surface area contributed by atoms with Crippen LogP contribution in [0.15, 0.2) is 48.5 Å². The summed E-state index contributed by atoms with van der Waals surface area (Å²) < 4.78 is 19.1. The molecule has 0 saturated carbocycles. The molecule has 0 aliphatic heterocycles. The topological polar surface area (TPSA) is 35.2 Å². The van der Waals surface area contributed by atoms with E-state index < -0.39 is 5.82 Å². The minimum atomic E-state index is -0.446. The summed E-state index contributed by atoms with van der Waals surface area (Å²) in [4.78, 5) is 0.0538. The van der Waals surface area contributed by atoms with E-state index in [4.69, 9.17) is 22.7 Å². The first-order chi connectivity index (χ1) is 9.66. The number of aryl methyl sites for hydroxylation is 1. The molecule has 0 heterocycles. The summed E-state index contributed by atoms with van der Waals surface area (Å²) in [5, 5.41) is 0. The lowest BCUT2D eigenvalue weighted by Gasteiger charge is -2.08. The van der Waals surface area contributed by atoms with E-state index in [1.54, 1.807) is 12.1 Å². The average Bonchev–Trinajstić information content (AvgIpc) is 2.44.